The van der Waals surface area contributed by atoms with E-state index in [0.717, 1.165) is 0 Å². The average Bonchev–Trinajstić information content (AvgIpc) is 2.70. The second-order valence-electron chi connectivity index (χ2n) is 6.75. The third-order valence-corrected chi connectivity index (χ3v) is 5.03. The van der Waals surface area contributed by atoms with E-state index in [-0.39, 0.29) is 34.5 Å². The molecule has 0 aliphatic carbocycles. The summed E-state index contributed by atoms with van der Waals surface area (Å²) in [4.78, 5) is 0. The van der Waals surface area contributed by atoms with Crippen molar-refractivity contribution < 1.29 is 39.4 Å². The highest BCUT2D eigenvalue weighted by molar-refractivity contribution is 5.69. The van der Waals surface area contributed by atoms with Crippen LogP contribution in [0.4, 0.5) is 0 Å². The monoisotopic (exact) mass is 412 g/mol. The first-order chi connectivity index (χ1) is 14.4. The highest BCUT2D eigenvalue weighted by Gasteiger charge is 2.36. The zero-order valence-electron chi connectivity index (χ0n) is 16.5. The quantitative estimate of drug-likeness (QED) is 0.400. The van der Waals surface area contributed by atoms with Crippen molar-refractivity contribution in [3.05, 3.63) is 53.1 Å². The van der Waals surface area contributed by atoms with Crippen LogP contribution in [0.5, 0.6) is 51.7 Å². The van der Waals surface area contributed by atoms with Crippen molar-refractivity contribution >= 4 is 0 Å². The minimum atomic E-state index is -0.723. The highest BCUT2D eigenvalue weighted by atomic mass is 16.5. The average molecular weight is 412 g/mol. The third-order valence-electron chi connectivity index (χ3n) is 5.03. The topological polar surface area (TPSA) is 118 Å². The number of phenolic OH excluding ortho intramolecular Hbond substituents is 4. The van der Waals surface area contributed by atoms with E-state index in [1.54, 1.807) is 12.1 Å². The molecule has 0 amide bonds. The SMILES string of the molecule is COc1cc(C2c3c(O)cc(O)cc3Oc3cc(O)cc(O)c32)cc(OC)c1OC. The van der Waals surface area contributed by atoms with Gasteiger partial charge >= 0.3 is 0 Å². The molecule has 0 saturated carbocycles. The number of rotatable bonds is 4. The fraction of sp³-hybridized carbons (Fsp3) is 0.182. The van der Waals surface area contributed by atoms with Crippen molar-refractivity contribution in [2.24, 2.45) is 0 Å². The molecule has 4 rings (SSSR count). The number of hydrogen-bond donors (Lipinski definition) is 4. The Morgan fingerprint density at radius 1 is 0.667 bits per heavy atom. The van der Waals surface area contributed by atoms with Gasteiger partial charge < -0.3 is 39.4 Å². The lowest BCUT2D eigenvalue weighted by atomic mass is 9.81. The normalized spacial score (nSPS) is 12.5. The van der Waals surface area contributed by atoms with Gasteiger partial charge in [-0.2, -0.15) is 0 Å². The molecular formula is C22H20O8. The number of hydrogen-bond acceptors (Lipinski definition) is 8. The largest absolute Gasteiger partial charge is 0.508 e. The lowest BCUT2D eigenvalue weighted by Gasteiger charge is -2.30. The second kappa shape index (κ2) is 7.14. The number of methoxy groups -OCH3 is 3. The van der Waals surface area contributed by atoms with Crippen molar-refractivity contribution in [2.45, 2.75) is 5.92 Å². The van der Waals surface area contributed by atoms with Crippen LogP contribution in [0.2, 0.25) is 0 Å². The van der Waals surface area contributed by atoms with Crippen LogP contribution in [0.15, 0.2) is 36.4 Å². The first-order valence-electron chi connectivity index (χ1n) is 8.97. The number of aromatic hydroxyl groups is 4. The molecule has 0 atom stereocenters. The lowest BCUT2D eigenvalue weighted by Crippen LogP contribution is -2.13. The summed E-state index contributed by atoms with van der Waals surface area (Å²) < 4.78 is 22.0. The van der Waals surface area contributed by atoms with Crippen LogP contribution in [-0.2, 0) is 0 Å². The summed E-state index contributed by atoms with van der Waals surface area (Å²) in [6.07, 6.45) is 0. The van der Waals surface area contributed by atoms with Crippen LogP contribution < -0.4 is 18.9 Å². The molecule has 3 aromatic carbocycles. The Labute approximate surface area is 172 Å². The van der Waals surface area contributed by atoms with Gasteiger partial charge in [0.05, 0.1) is 21.3 Å². The number of ether oxygens (including phenoxy) is 4. The van der Waals surface area contributed by atoms with E-state index >= 15 is 0 Å². The molecule has 8 nitrogen and oxygen atoms in total. The van der Waals surface area contributed by atoms with Gasteiger partial charge in [0.2, 0.25) is 5.75 Å². The third kappa shape index (κ3) is 2.93. The summed E-state index contributed by atoms with van der Waals surface area (Å²) in [7, 11) is 4.46. The Balaban J connectivity index is 2.06. The lowest BCUT2D eigenvalue weighted by molar-refractivity contribution is 0.323. The van der Waals surface area contributed by atoms with Crippen LogP contribution in [0.25, 0.3) is 0 Å². The zero-order chi connectivity index (χ0) is 21.6. The van der Waals surface area contributed by atoms with E-state index in [1.165, 1.54) is 45.6 Å². The predicted octanol–water partition coefficient (Wildman–Crippen LogP) is 3.82. The van der Waals surface area contributed by atoms with Gasteiger partial charge in [-0.25, -0.2) is 0 Å². The van der Waals surface area contributed by atoms with E-state index in [2.05, 4.69) is 0 Å². The van der Waals surface area contributed by atoms with Gasteiger partial charge in [-0.1, -0.05) is 0 Å². The summed E-state index contributed by atoms with van der Waals surface area (Å²) in [5.74, 6) is -0.0163. The maximum atomic E-state index is 10.6. The summed E-state index contributed by atoms with van der Waals surface area (Å²) in [6, 6.07) is 8.48. The van der Waals surface area contributed by atoms with E-state index < -0.39 is 5.92 Å². The van der Waals surface area contributed by atoms with Gasteiger partial charge in [0, 0.05) is 41.3 Å². The maximum Gasteiger partial charge on any atom is 0.203 e. The minimum Gasteiger partial charge on any atom is -0.508 e. The van der Waals surface area contributed by atoms with Crippen LogP contribution in [0.3, 0.4) is 0 Å². The predicted molar refractivity (Wildman–Crippen MR) is 107 cm³/mol. The molecule has 156 valence electrons. The molecule has 0 unspecified atom stereocenters. The van der Waals surface area contributed by atoms with Crippen molar-refractivity contribution in [2.75, 3.05) is 21.3 Å². The molecule has 8 heteroatoms. The Morgan fingerprint density at radius 3 is 1.53 bits per heavy atom. The summed E-state index contributed by atoms with van der Waals surface area (Å²) in [5.41, 5.74) is 1.25. The van der Waals surface area contributed by atoms with Crippen molar-refractivity contribution in [1.29, 1.82) is 0 Å². The highest BCUT2D eigenvalue weighted by Crippen LogP contribution is 2.56. The molecule has 4 N–H and O–H groups in total. The molecule has 30 heavy (non-hydrogen) atoms. The standard InChI is InChI=1S/C22H20O8/c1-27-17-4-10(5-18(28-2)22(17)29-3)19-20-13(25)6-11(23)8-15(20)30-16-9-12(24)7-14(26)21(16)19/h4-9,19,23-26H,1-3H3. The van der Waals surface area contributed by atoms with Crippen LogP contribution in [0, 0.1) is 0 Å². The van der Waals surface area contributed by atoms with Crippen molar-refractivity contribution in [3.8, 4) is 51.7 Å². The number of benzene rings is 3. The van der Waals surface area contributed by atoms with Crippen LogP contribution in [-0.4, -0.2) is 41.8 Å². The Morgan fingerprint density at radius 2 is 1.13 bits per heavy atom. The molecular weight excluding hydrogens is 392 g/mol. The van der Waals surface area contributed by atoms with Gasteiger partial charge in [0.1, 0.15) is 34.5 Å². The number of phenols is 4. The van der Waals surface area contributed by atoms with Gasteiger partial charge in [0.15, 0.2) is 11.5 Å². The Hall–Kier alpha value is -3.94. The van der Waals surface area contributed by atoms with Crippen molar-refractivity contribution in [1.82, 2.24) is 0 Å². The summed E-state index contributed by atoms with van der Waals surface area (Å²) in [5, 5.41) is 41.1. The number of fused-ring (bicyclic) bond motifs is 2. The molecule has 1 aliphatic rings. The van der Waals surface area contributed by atoms with Gasteiger partial charge in [-0.05, 0) is 17.7 Å². The van der Waals surface area contributed by atoms with Gasteiger partial charge in [0.25, 0.3) is 0 Å². The molecule has 0 spiro atoms. The molecule has 1 heterocycles. The maximum absolute atomic E-state index is 10.6. The second-order valence-corrected chi connectivity index (χ2v) is 6.75. The van der Waals surface area contributed by atoms with Crippen molar-refractivity contribution in [3.63, 3.8) is 0 Å². The Bertz CT molecular complexity index is 1060. The first kappa shape index (κ1) is 19.4. The smallest absolute Gasteiger partial charge is 0.203 e. The first-order valence-corrected chi connectivity index (χ1v) is 8.97. The summed E-state index contributed by atoms with van der Waals surface area (Å²) in [6.45, 7) is 0. The molecule has 3 aromatic rings. The van der Waals surface area contributed by atoms with Gasteiger partial charge in [-0.3, -0.25) is 0 Å². The summed E-state index contributed by atoms with van der Waals surface area (Å²) >= 11 is 0. The molecule has 0 radical (unpaired) electrons. The fourth-order valence-corrected chi connectivity index (χ4v) is 3.81. The zero-order valence-corrected chi connectivity index (χ0v) is 16.5. The van der Waals surface area contributed by atoms with E-state index in [1.807, 2.05) is 0 Å². The molecule has 0 fully saturated rings. The molecule has 0 aromatic heterocycles. The van der Waals surface area contributed by atoms with E-state index in [0.29, 0.717) is 33.9 Å². The minimum absolute atomic E-state index is 0.184. The molecule has 0 saturated heterocycles. The Kier molecular flexibility index (Phi) is 4.62. The van der Waals surface area contributed by atoms with Crippen LogP contribution >= 0.6 is 0 Å². The fourth-order valence-electron chi connectivity index (χ4n) is 3.81. The molecule has 0 bridgehead atoms. The van der Waals surface area contributed by atoms with E-state index in [4.69, 9.17) is 18.9 Å². The molecule has 1 aliphatic heterocycles. The van der Waals surface area contributed by atoms with Crippen LogP contribution in [0.1, 0.15) is 22.6 Å². The van der Waals surface area contributed by atoms with Gasteiger partial charge in [-0.15, -0.1) is 0 Å². The van der Waals surface area contributed by atoms with E-state index in [9.17, 15) is 20.4 Å².